The van der Waals surface area contributed by atoms with E-state index in [0.29, 0.717) is 50.5 Å². The summed E-state index contributed by atoms with van der Waals surface area (Å²) in [5.74, 6) is 0.852. The Bertz CT molecular complexity index is 2000. The number of alkyl halides is 3. The lowest BCUT2D eigenvalue weighted by Crippen LogP contribution is -2.52. The molecule has 51 heavy (non-hydrogen) atoms. The Morgan fingerprint density at radius 3 is 2.65 bits per heavy atom. The van der Waals surface area contributed by atoms with E-state index in [1.165, 1.54) is 31.4 Å². The zero-order valence-electron chi connectivity index (χ0n) is 28.2. The molecule has 1 aliphatic carbocycles. The Labute approximate surface area is 291 Å². The average molecular weight is 712 g/mol. The molecule has 2 saturated heterocycles. The van der Waals surface area contributed by atoms with E-state index in [-0.39, 0.29) is 69.9 Å². The van der Waals surface area contributed by atoms with E-state index in [2.05, 4.69) is 15.9 Å². The van der Waals surface area contributed by atoms with Gasteiger partial charge in [0.1, 0.15) is 34.0 Å². The van der Waals surface area contributed by atoms with Gasteiger partial charge in [-0.2, -0.15) is 23.1 Å². The number of terminal acetylenes is 1. The van der Waals surface area contributed by atoms with Crippen LogP contribution >= 0.6 is 0 Å². The molecular weight excluding hydrogens is 673 g/mol. The fraction of sp³-hybridized carbons (Fsp3) is 0.486. The van der Waals surface area contributed by atoms with Crippen molar-refractivity contribution in [3.05, 3.63) is 41.5 Å². The average Bonchev–Trinajstić information content (AvgIpc) is 3.36. The smallest absolute Gasteiger partial charge is 0.390 e. The van der Waals surface area contributed by atoms with E-state index >= 15 is 4.39 Å². The fourth-order valence-corrected chi connectivity index (χ4v) is 8.19. The molecule has 2 unspecified atom stereocenters. The van der Waals surface area contributed by atoms with Crippen molar-refractivity contribution in [2.75, 3.05) is 58.0 Å². The van der Waals surface area contributed by atoms with E-state index < -0.39 is 29.6 Å². The molecule has 14 heteroatoms. The molecule has 2 aliphatic heterocycles. The highest BCUT2D eigenvalue weighted by Gasteiger charge is 2.49. The maximum absolute atomic E-state index is 17.1. The normalized spacial score (nSPS) is 21.4. The molecule has 3 fully saturated rings. The summed E-state index contributed by atoms with van der Waals surface area (Å²) in [5, 5.41) is 11.4. The van der Waals surface area contributed by atoms with Gasteiger partial charge in [0.15, 0.2) is 5.82 Å². The lowest BCUT2D eigenvalue weighted by molar-refractivity contribution is -0.142. The van der Waals surface area contributed by atoms with Crippen molar-refractivity contribution in [1.82, 2.24) is 19.9 Å². The van der Waals surface area contributed by atoms with Gasteiger partial charge in [0.05, 0.1) is 32.3 Å². The molecule has 1 saturated carbocycles. The first-order valence-electron chi connectivity index (χ1n) is 17.2. The van der Waals surface area contributed by atoms with Gasteiger partial charge in [-0.05, 0) is 62.2 Å². The minimum absolute atomic E-state index is 0.00898. The van der Waals surface area contributed by atoms with Crippen LogP contribution in [-0.2, 0) is 4.74 Å². The van der Waals surface area contributed by atoms with Crippen molar-refractivity contribution in [3.8, 4) is 41.2 Å². The van der Waals surface area contributed by atoms with E-state index in [1.807, 2.05) is 9.80 Å². The number of phenolic OH excluding ortho intramolecular Hbond substituents is 1. The van der Waals surface area contributed by atoms with Crippen LogP contribution in [0.1, 0.15) is 50.5 Å². The Kier molecular flexibility index (Phi) is 9.54. The van der Waals surface area contributed by atoms with Gasteiger partial charge in [-0.15, -0.1) is 6.42 Å². The van der Waals surface area contributed by atoms with E-state index in [9.17, 15) is 22.7 Å². The number of methoxy groups -OCH3 is 1. The van der Waals surface area contributed by atoms with Crippen LogP contribution in [0.2, 0.25) is 0 Å². The summed E-state index contributed by atoms with van der Waals surface area (Å²) in [5.41, 5.74) is -0.946. The first-order valence-corrected chi connectivity index (χ1v) is 17.2. The van der Waals surface area contributed by atoms with Gasteiger partial charge >= 0.3 is 12.2 Å². The monoisotopic (exact) mass is 711 g/mol. The lowest BCUT2D eigenvalue weighted by Gasteiger charge is -2.46. The summed E-state index contributed by atoms with van der Waals surface area (Å²) in [6.45, 7) is 2.55. The molecule has 1 N–H and O–H groups in total. The van der Waals surface area contributed by atoms with Gasteiger partial charge in [-0.3, -0.25) is 4.90 Å². The summed E-state index contributed by atoms with van der Waals surface area (Å²) in [6.07, 6.45) is 5.15. The van der Waals surface area contributed by atoms with Gasteiger partial charge in [0.25, 0.3) is 0 Å². The standard InChI is InChI=1S/C37H38F5N5O4/c1-3-24-26(38)9-8-22-19-23(48)20-25(28(22)24)31-30(39)32-29(34(43-31)49-2)33(47-14-6-17-50-18-16-47)45-35(44-32)51-21-36-10-4-7-27(36)46(13-5-11-36)15-12-37(40,41)42/h1,8-9,19-20,27,48H,4-7,10-18,21H2,2H3. The number of rotatable bonds is 8. The summed E-state index contributed by atoms with van der Waals surface area (Å²) >= 11 is 0. The number of hydrogen-bond acceptors (Lipinski definition) is 9. The van der Waals surface area contributed by atoms with Crippen LogP contribution in [0.25, 0.3) is 32.9 Å². The number of aromatic nitrogens is 3. The number of nitrogens with zero attached hydrogens (tertiary/aromatic N) is 5. The molecule has 0 spiro atoms. The summed E-state index contributed by atoms with van der Waals surface area (Å²) < 4.78 is 89.3. The van der Waals surface area contributed by atoms with Crippen LogP contribution in [0, 0.1) is 29.4 Å². The number of hydrogen-bond donors (Lipinski definition) is 1. The van der Waals surface area contributed by atoms with Gasteiger partial charge in [-0.25, -0.2) is 13.8 Å². The fourth-order valence-electron chi connectivity index (χ4n) is 8.19. The predicted octanol–water partition coefficient (Wildman–Crippen LogP) is 7.01. The Balaban J connectivity index is 1.35. The van der Waals surface area contributed by atoms with Crippen molar-refractivity contribution in [2.24, 2.45) is 5.41 Å². The number of halogens is 5. The quantitative estimate of drug-likeness (QED) is 0.153. The zero-order valence-corrected chi connectivity index (χ0v) is 28.2. The van der Waals surface area contributed by atoms with Gasteiger partial charge in [0, 0.05) is 48.6 Å². The van der Waals surface area contributed by atoms with Crippen molar-refractivity contribution in [3.63, 3.8) is 0 Å². The number of phenols is 1. The number of pyridine rings is 1. The van der Waals surface area contributed by atoms with Crippen molar-refractivity contribution < 1.29 is 41.3 Å². The molecule has 4 heterocycles. The second-order valence-corrected chi connectivity index (χ2v) is 13.5. The predicted molar refractivity (Wildman–Crippen MR) is 181 cm³/mol. The lowest BCUT2D eigenvalue weighted by atomic mass is 9.75. The molecule has 2 aromatic carbocycles. The summed E-state index contributed by atoms with van der Waals surface area (Å²) in [4.78, 5) is 17.7. The molecular formula is C37H38F5N5O4. The van der Waals surface area contributed by atoms with Crippen molar-refractivity contribution in [1.29, 1.82) is 0 Å². The molecule has 270 valence electrons. The van der Waals surface area contributed by atoms with Crippen LogP contribution in [-0.4, -0.2) is 90.3 Å². The Morgan fingerprint density at radius 2 is 1.86 bits per heavy atom. The molecule has 9 nitrogen and oxygen atoms in total. The van der Waals surface area contributed by atoms with Gasteiger partial charge < -0.3 is 24.2 Å². The Hall–Kier alpha value is -4.48. The second-order valence-electron chi connectivity index (χ2n) is 13.5. The number of benzene rings is 2. The van der Waals surface area contributed by atoms with Crippen LogP contribution in [0.4, 0.5) is 27.8 Å². The number of fused-ring (bicyclic) bond motifs is 3. The van der Waals surface area contributed by atoms with E-state index in [4.69, 9.17) is 25.6 Å². The SMILES string of the molecule is C#Cc1c(F)ccc2cc(O)cc(-c3nc(OC)c4c(N5CCCOCC5)nc(OCC56CCCC5N(CCC(F)(F)F)CCC6)nc4c3F)c12. The number of anilines is 1. The number of piperidine rings is 1. The van der Waals surface area contributed by atoms with E-state index in [0.717, 1.165) is 32.1 Å². The number of likely N-dealkylation sites (tertiary alicyclic amines) is 1. The number of ether oxygens (including phenoxy) is 3. The van der Waals surface area contributed by atoms with Crippen LogP contribution in [0.3, 0.4) is 0 Å². The summed E-state index contributed by atoms with van der Waals surface area (Å²) in [6, 6.07) is 5.07. The van der Waals surface area contributed by atoms with Crippen molar-refractivity contribution in [2.45, 2.75) is 57.2 Å². The first-order chi connectivity index (χ1) is 24.5. The van der Waals surface area contributed by atoms with Crippen LogP contribution in [0.15, 0.2) is 24.3 Å². The molecule has 3 aliphatic rings. The second kappa shape index (κ2) is 13.9. The van der Waals surface area contributed by atoms with Gasteiger partial charge in [0.2, 0.25) is 5.88 Å². The number of aromatic hydroxyl groups is 1. The molecule has 0 bridgehead atoms. The minimum Gasteiger partial charge on any atom is -0.508 e. The largest absolute Gasteiger partial charge is 0.508 e. The highest BCUT2D eigenvalue weighted by atomic mass is 19.4. The van der Waals surface area contributed by atoms with E-state index in [1.54, 1.807) is 0 Å². The first kappa shape index (κ1) is 34.9. The third-order valence-electron chi connectivity index (χ3n) is 10.5. The van der Waals surface area contributed by atoms with Gasteiger partial charge in [-0.1, -0.05) is 18.4 Å². The third kappa shape index (κ3) is 6.69. The minimum atomic E-state index is -4.25. The maximum atomic E-state index is 17.1. The molecule has 7 rings (SSSR count). The Morgan fingerprint density at radius 1 is 1.04 bits per heavy atom. The topological polar surface area (TPSA) is 93.1 Å². The van der Waals surface area contributed by atoms with Crippen molar-refractivity contribution >= 4 is 27.5 Å². The highest BCUT2D eigenvalue weighted by Crippen LogP contribution is 2.49. The molecule has 0 radical (unpaired) electrons. The molecule has 0 amide bonds. The molecule has 4 aromatic rings. The van der Waals surface area contributed by atoms with Crippen LogP contribution < -0.4 is 14.4 Å². The highest BCUT2D eigenvalue weighted by molar-refractivity contribution is 6.04. The zero-order chi connectivity index (χ0) is 35.9. The summed E-state index contributed by atoms with van der Waals surface area (Å²) in [7, 11) is 1.38. The maximum Gasteiger partial charge on any atom is 0.390 e. The van der Waals surface area contributed by atoms with Crippen LogP contribution in [0.5, 0.6) is 17.6 Å². The molecule has 2 atom stereocenters. The third-order valence-corrected chi connectivity index (χ3v) is 10.5. The molecule has 2 aromatic heterocycles.